The van der Waals surface area contributed by atoms with E-state index in [1.807, 2.05) is 13.8 Å². The Balaban J connectivity index is 2.80. The minimum atomic E-state index is -1.75. The van der Waals surface area contributed by atoms with Crippen molar-refractivity contribution in [1.82, 2.24) is 4.90 Å². The molecule has 2 N–H and O–H groups in total. The lowest BCUT2D eigenvalue weighted by atomic mass is 9.79. The van der Waals surface area contributed by atoms with Crippen LogP contribution in [0.4, 0.5) is 4.39 Å². The Morgan fingerprint density at radius 3 is 2.31 bits per heavy atom. The van der Waals surface area contributed by atoms with Crippen LogP contribution in [0.1, 0.15) is 19.4 Å². The third-order valence-corrected chi connectivity index (χ3v) is 2.64. The van der Waals surface area contributed by atoms with Crippen LogP contribution in [0.5, 0.6) is 0 Å². The predicted octanol–water partition coefficient (Wildman–Crippen LogP) is 0.347. The first-order valence-electron chi connectivity index (χ1n) is 5.45. The Morgan fingerprint density at radius 2 is 1.88 bits per heavy atom. The van der Waals surface area contributed by atoms with E-state index in [0.717, 1.165) is 18.7 Å². The van der Waals surface area contributed by atoms with E-state index in [-0.39, 0.29) is 5.46 Å². The summed E-state index contributed by atoms with van der Waals surface area (Å²) < 4.78 is 13.4. The van der Waals surface area contributed by atoms with Gasteiger partial charge < -0.3 is 10.0 Å². The summed E-state index contributed by atoms with van der Waals surface area (Å²) in [6.07, 6.45) is 0. The van der Waals surface area contributed by atoms with E-state index < -0.39 is 12.9 Å². The fraction of sp³-hybridized carbons (Fsp3) is 0.455. The van der Waals surface area contributed by atoms with Crippen molar-refractivity contribution >= 4 is 12.6 Å². The highest BCUT2D eigenvalue weighted by atomic mass is 19.1. The lowest BCUT2D eigenvalue weighted by Crippen LogP contribution is -2.33. The molecule has 5 heteroatoms. The van der Waals surface area contributed by atoms with Crippen molar-refractivity contribution in [1.29, 1.82) is 0 Å². The summed E-state index contributed by atoms with van der Waals surface area (Å²) in [6, 6.07) is 4.49. The second-order valence-corrected chi connectivity index (χ2v) is 3.69. The highest BCUT2D eigenvalue weighted by Gasteiger charge is 2.16. The Labute approximate surface area is 95.7 Å². The van der Waals surface area contributed by atoms with Gasteiger partial charge in [0.1, 0.15) is 5.82 Å². The van der Waals surface area contributed by atoms with Crippen LogP contribution in [0.25, 0.3) is 0 Å². The number of hydrogen-bond donors (Lipinski definition) is 2. The van der Waals surface area contributed by atoms with Crippen LogP contribution >= 0.6 is 0 Å². The van der Waals surface area contributed by atoms with Gasteiger partial charge in [-0.25, -0.2) is 4.39 Å². The molecule has 0 saturated carbocycles. The third-order valence-electron chi connectivity index (χ3n) is 2.64. The minimum Gasteiger partial charge on any atom is -0.423 e. The Kier molecular flexibility index (Phi) is 4.92. The summed E-state index contributed by atoms with van der Waals surface area (Å²) in [6.45, 7) is 6.58. The Morgan fingerprint density at radius 1 is 1.25 bits per heavy atom. The van der Waals surface area contributed by atoms with Crippen LogP contribution in [0.3, 0.4) is 0 Å². The molecule has 88 valence electrons. The molecule has 1 aromatic carbocycles. The van der Waals surface area contributed by atoms with Crippen LogP contribution in [-0.4, -0.2) is 35.2 Å². The van der Waals surface area contributed by atoms with Crippen molar-refractivity contribution in [3.8, 4) is 0 Å². The van der Waals surface area contributed by atoms with Crippen molar-refractivity contribution in [3.63, 3.8) is 0 Å². The summed E-state index contributed by atoms with van der Waals surface area (Å²) in [7, 11) is -1.75. The summed E-state index contributed by atoms with van der Waals surface area (Å²) in [5.74, 6) is -0.570. The molecule has 0 fully saturated rings. The standard InChI is InChI=1S/C11H17BFNO2/c1-3-14(4-2)8-9-5-6-10(12(15)16)11(13)7-9/h5-7,15-16H,3-4,8H2,1-2H3. The number of nitrogens with zero attached hydrogens (tertiary/aromatic N) is 1. The molecule has 0 unspecified atom stereocenters. The lowest BCUT2D eigenvalue weighted by molar-refractivity contribution is 0.295. The van der Waals surface area contributed by atoms with Crippen LogP contribution in [0.15, 0.2) is 18.2 Å². The molecule has 0 atom stereocenters. The lowest BCUT2D eigenvalue weighted by Gasteiger charge is -2.18. The molecule has 0 radical (unpaired) electrons. The second kappa shape index (κ2) is 5.99. The van der Waals surface area contributed by atoms with Crippen LogP contribution in [0, 0.1) is 5.82 Å². The van der Waals surface area contributed by atoms with Gasteiger partial charge in [-0.05, 0) is 24.7 Å². The summed E-state index contributed by atoms with van der Waals surface area (Å²) >= 11 is 0. The molecule has 0 heterocycles. The zero-order chi connectivity index (χ0) is 12.1. The summed E-state index contributed by atoms with van der Waals surface area (Å²) in [5.41, 5.74) is 0.758. The molecule has 0 amide bonds. The zero-order valence-corrected chi connectivity index (χ0v) is 9.65. The molecular weight excluding hydrogens is 208 g/mol. The van der Waals surface area contributed by atoms with Crippen molar-refractivity contribution in [2.45, 2.75) is 20.4 Å². The molecule has 0 aliphatic rings. The Bertz CT molecular complexity index is 343. The topological polar surface area (TPSA) is 43.7 Å². The van der Waals surface area contributed by atoms with Gasteiger partial charge in [0.05, 0.1) is 0 Å². The van der Waals surface area contributed by atoms with Crippen LogP contribution in [-0.2, 0) is 6.54 Å². The molecule has 0 aliphatic carbocycles. The Hall–Kier alpha value is -0.905. The van der Waals surface area contributed by atoms with Crippen molar-refractivity contribution < 1.29 is 14.4 Å². The monoisotopic (exact) mass is 225 g/mol. The predicted molar refractivity (Wildman–Crippen MR) is 62.9 cm³/mol. The molecule has 3 nitrogen and oxygen atoms in total. The van der Waals surface area contributed by atoms with E-state index in [1.54, 1.807) is 6.07 Å². The van der Waals surface area contributed by atoms with E-state index in [1.165, 1.54) is 12.1 Å². The van der Waals surface area contributed by atoms with Crippen molar-refractivity contribution in [2.24, 2.45) is 0 Å². The minimum absolute atomic E-state index is 0.0803. The van der Waals surface area contributed by atoms with Crippen LogP contribution < -0.4 is 5.46 Å². The molecule has 0 aliphatic heterocycles. The smallest absolute Gasteiger partial charge is 0.423 e. The fourth-order valence-electron chi connectivity index (χ4n) is 1.58. The molecule has 0 bridgehead atoms. The highest BCUT2D eigenvalue weighted by Crippen LogP contribution is 2.06. The molecule has 1 aromatic rings. The van der Waals surface area contributed by atoms with E-state index in [9.17, 15) is 4.39 Å². The summed E-state index contributed by atoms with van der Waals surface area (Å²) in [4.78, 5) is 2.16. The zero-order valence-electron chi connectivity index (χ0n) is 9.65. The third kappa shape index (κ3) is 3.30. The van der Waals surface area contributed by atoms with E-state index in [0.29, 0.717) is 6.54 Å². The first kappa shape index (κ1) is 13.2. The second-order valence-electron chi connectivity index (χ2n) is 3.69. The number of hydrogen-bond acceptors (Lipinski definition) is 3. The molecule has 0 aromatic heterocycles. The van der Waals surface area contributed by atoms with E-state index >= 15 is 0 Å². The highest BCUT2D eigenvalue weighted by molar-refractivity contribution is 6.58. The van der Waals surface area contributed by atoms with Gasteiger partial charge in [0.2, 0.25) is 0 Å². The number of halogens is 1. The molecule has 16 heavy (non-hydrogen) atoms. The quantitative estimate of drug-likeness (QED) is 0.710. The normalized spacial score (nSPS) is 10.9. The molecule has 0 spiro atoms. The summed E-state index contributed by atoms with van der Waals surface area (Å²) in [5, 5.41) is 17.7. The van der Waals surface area contributed by atoms with Gasteiger partial charge in [0.25, 0.3) is 0 Å². The van der Waals surface area contributed by atoms with Crippen molar-refractivity contribution in [3.05, 3.63) is 29.6 Å². The van der Waals surface area contributed by atoms with Gasteiger partial charge in [0.15, 0.2) is 0 Å². The van der Waals surface area contributed by atoms with Gasteiger partial charge in [-0.1, -0.05) is 26.0 Å². The number of benzene rings is 1. The van der Waals surface area contributed by atoms with Gasteiger partial charge in [0, 0.05) is 12.0 Å². The first-order chi connectivity index (χ1) is 7.58. The fourth-order valence-corrected chi connectivity index (χ4v) is 1.58. The van der Waals surface area contributed by atoms with Gasteiger partial charge in [-0.15, -0.1) is 0 Å². The van der Waals surface area contributed by atoms with Crippen molar-refractivity contribution in [2.75, 3.05) is 13.1 Å². The maximum Gasteiger partial charge on any atom is 0.491 e. The number of rotatable bonds is 5. The maximum atomic E-state index is 13.4. The maximum absolute atomic E-state index is 13.4. The largest absolute Gasteiger partial charge is 0.491 e. The van der Waals surface area contributed by atoms with E-state index in [2.05, 4.69) is 4.90 Å². The average molecular weight is 225 g/mol. The molecular formula is C11H17BFNO2. The van der Waals surface area contributed by atoms with E-state index in [4.69, 9.17) is 10.0 Å². The SMILES string of the molecule is CCN(CC)Cc1ccc(B(O)O)c(F)c1. The molecule has 1 rings (SSSR count). The average Bonchev–Trinajstić information content (AvgIpc) is 2.25. The molecule has 0 saturated heterocycles. The van der Waals surface area contributed by atoms with Gasteiger partial charge in [-0.2, -0.15) is 0 Å². The first-order valence-corrected chi connectivity index (χ1v) is 5.45. The van der Waals surface area contributed by atoms with Gasteiger partial charge in [-0.3, -0.25) is 4.90 Å². The van der Waals surface area contributed by atoms with Gasteiger partial charge >= 0.3 is 7.12 Å². The van der Waals surface area contributed by atoms with Crippen LogP contribution in [0.2, 0.25) is 0 Å².